The van der Waals surface area contributed by atoms with Gasteiger partial charge < -0.3 is 14.9 Å². The van der Waals surface area contributed by atoms with Crippen LogP contribution < -0.4 is 5.73 Å². The van der Waals surface area contributed by atoms with Crippen LogP contribution in [0, 0.1) is 0 Å². The molecule has 1 aromatic heterocycles. The highest BCUT2D eigenvalue weighted by atomic mass is 16.5. The Morgan fingerprint density at radius 1 is 1.50 bits per heavy atom. The summed E-state index contributed by atoms with van der Waals surface area (Å²) >= 11 is 0. The summed E-state index contributed by atoms with van der Waals surface area (Å²) in [6.07, 6.45) is 4.99. The number of hydrogen-bond acceptors (Lipinski definition) is 3. The Kier molecular flexibility index (Phi) is 2.61. The van der Waals surface area contributed by atoms with E-state index in [0.29, 0.717) is 0 Å². The molecule has 2 heterocycles. The van der Waals surface area contributed by atoms with Crippen LogP contribution in [0.3, 0.4) is 0 Å². The Labute approximate surface area is 84.2 Å². The molecule has 1 fully saturated rings. The fraction of sp³-hybridized carbons (Fsp3) is 0.636. The minimum absolute atomic E-state index is 0.155. The number of furan rings is 1. The maximum Gasteiger partial charge on any atom is 0.123 e. The van der Waals surface area contributed by atoms with Gasteiger partial charge in [-0.15, -0.1) is 0 Å². The van der Waals surface area contributed by atoms with Gasteiger partial charge in [0.05, 0.1) is 17.9 Å². The van der Waals surface area contributed by atoms with Crippen molar-refractivity contribution in [2.24, 2.45) is 5.73 Å². The summed E-state index contributed by atoms with van der Waals surface area (Å²) in [6, 6.07) is 3.62. The van der Waals surface area contributed by atoms with Crippen LogP contribution in [0.1, 0.15) is 38.0 Å². The monoisotopic (exact) mass is 195 g/mol. The lowest BCUT2D eigenvalue weighted by atomic mass is 9.87. The van der Waals surface area contributed by atoms with Crippen molar-refractivity contribution in [3.8, 4) is 0 Å². The molecule has 0 spiro atoms. The standard InChI is InChI=1S/C11H17NO2/c1-11(6-2-3-8-14-11)10(12)9-5-4-7-13-9/h4-5,7,10H,2-3,6,8,12H2,1H3. The average Bonchev–Trinajstić information content (AvgIpc) is 2.70. The number of nitrogens with two attached hydrogens (primary N) is 1. The molecule has 1 aromatic rings. The van der Waals surface area contributed by atoms with Crippen molar-refractivity contribution in [1.29, 1.82) is 0 Å². The molecule has 0 aliphatic carbocycles. The predicted molar refractivity (Wildman–Crippen MR) is 53.8 cm³/mol. The molecule has 0 amide bonds. The van der Waals surface area contributed by atoms with Crippen LogP contribution in [0.4, 0.5) is 0 Å². The van der Waals surface area contributed by atoms with E-state index in [1.54, 1.807) is 6.26 Å². The van der Waals surface area contributed by atoms with E-state index in [1.165, 1.54) is 6.42 Å². The summed E-state index contributed by atoms with van der Waals surface area (Å²) in [7, 11) is 0. The smallest absolute Gasteiger partial charge is 0.123 e. The van der Waals surface area contributed by atoms with Crippen LogP contribution in [0.15, 0.2) is 22.8 Å². The van der Waals surface area contributed by atoms with Crippen molar-refractivity contribution in [2.45, 2.75) is 37.8 Å². The first-order valence-electron chi connectivity index (χ1n) is 5.15. The van der Waals surface area contributed by atoms with Gasteiger partial charge >= 0.3 is 0 Å². The second kappa shape index (κ2) is 3.75. The maximum absolute atomic E-state index is 6.13. The SMILES string of the molecule is CC1(C(N)c2ccco2)CCCCO1. The van der Waals surface area contributed by atoms with Crippen molar-refractivity contribution in [3.63, 3.8) is 0 Å². The number of rotatable bonds is 2. The molecule has 14 heavy (non-hydrogen) atoms. The fourth-order valence-electron chi connectivity index (χ4n) is 1.97. The van der Waals surface area contributed by atoms with Crippen LogP contribution >= 0.6 is 0 Å². The van der Waals surface area contributed by atoms with E-state index in [4.69, 9.17) is 14.9 Å². The summed E-state index contributed by atoms with van der Waals surface area (Å²) in [5, 5.41) is 0. The molecule has 2 rings (SSSR count). The van der Waals surface area contributed by atoms with Crippen LogP contribution in [-0.2, 0) is 4.74 Å². The molecule has 1 aliphatic rings. The third kappa shape index (κ3) is 1.70. The van der Waals surface area contributed by atoms with Gasteiger partial charge in [-0.1, -0.05) is 0 Å². The van der Waals surface area contributed by atoms with E-state index in [9.17, 15) is 0 Å². The Balaban J connectivity index is 2.13. The first-order valence-corrected chi connectivity index (χ1v) is 5.15. The third-order valence-corrected chi connectivity index (χ3v) is 3.01. The third-order valence-electron chi connectivity index (χ3n) is 3.01. The maximum atomic E-state index is 6.13. The molecule has 3 heteroatoms. The van der Waals surface area contributed by atoms with Gasteiger partial charge in [0, 0.05) is 6.61 Å². The zero-order chi connectivity index (χ0) is 10.0. The second-order valence-corrected chi connectivity index (χ2v) is 4.11. The van der Waals surface area contributed by atoms with Gasteiger partial charge in [0.1, 0.15) is 5.76 Å². The summed E-state index contributed by atoms with van der Waals surface area (Å²) < 4.78 is 11.1. The molecule has 2 unspecified atom stereocenters. The summed E-state index contributed by atoms with van der Waals surface area (Å²) in [5.74, 6) is 0.814. The Morgan fingerprint density at radius 2 is 2.36 bits per heavy atom. The quantitative estimate of drug-likeness (QED) is 0.787. The molecule has 0 radical (unpaired) electrons. The van der Waals surface area contributed by atoms with E-state index in [0.717, 1.165) is 25.2 Å². The minimum Gasteiger partial charge on any atom is -0.468 e. The first-order chi connectivity index (χ1) is 6.72. The predicted octanol–water partition coefficient (Wildman–Crippen LogP) is 2.24. The van der Waals surface area contributed by atoms with E-state index < -0.39 is 0 Å². The zero-order valence-electron chi connectivity index (χ0n) is 8.53. The van der Waals surface area contributed by atoms with Gasteiger partial charge in [-0.2, -0.15) is 0 Å². The zero-order valence-corrected chi connectivity index (χ0v) is 8.53. The van der Waals surface area contributed by atoms with Crippen molar-refractivity contribution >= 4 is 0 Å². The molecule has 1 aliphatic heterocycles. The van der Waals surface area contributed by atoms with Crippen LogP contribution in [0.25, 0.3) is 0 Å². The van der Waals surface area contributed by atoms with Gasteiger partial charge in [0.25, 0.3) is 0 Å². The number of hydrogen-bond donors (Lipinski definition) is 1. The molecule has 2 N–H and O–H groups in total. The highest BCUT2D eigenvalue weighted by molar-refractivity contribution is 5.09. The lowest BCUT2D eigenvalue weighted by molar-refractivity contribution is -0.0854. The van der Waals surface area contributed by atoms with E-state index in [-0.39, 0.29) is 11.6 Å². The van der Waals surface area contributed by atoms with Crippen LogP contribution in [-0.4, -0.2) is 12.2 Å². The van der Waals surface area contributed by atoms with Crippen molar-refractivity contribution in [1.82, 2.24) is 0 Å². The summed E-state index contributed by atoms with van der Waals surface area (Å²) in [5.41, 5.74) is 5.88. The van der Waals surface area contributed by atoms with Crippen molar-refractivity contribution in [2.75, 3.05) is 6.61 Å². The molecular weight excluding hydrogens is 178 g/mol. The van der Waals surface area contributed by atoms with Crippen LogP contribution in [0.5, 0.6) is 0 Å². The molecule has 0 bridgehead atoms. The average molecular weight is 195 g/mol. The van der Waals surface area contributed by atoms with Gasteiger partial charge in [-0.3, -0.25) is 0 Å². The Hall–Kier alpha value is -0.800. The molecule has 1 saturated heterocycles. The van der Waals surface area contributed by atoms with E-state index in [1.807, 2.05) is 12.1 Å². The molecule has 78 valence electrons. The fourth-order valence-corrected chi connectivity index (χ4v) is 1.97. The molecule has 0 aromatic carbocycles. The lowest BCUT2D eigenvalue weighted by Crippen LogP contribution is -2.43. The van der Waals surface area contributed by atoms with Gasteiger partial charge in [0.15, 0.2) is 0 Å². The molecule has 2 atom stereocenters. The van der Waals surface area contributed by atoms with Gasteiger partial charge in [-0.05, 0) is 38.3 Å². The van der Waals surface area contributed by atoms with E-state index >= 15 is 0 Å². The van der Waals surface area contributed by atoms with Crippen molar-refractivity contribution < 1.29 is 9.15 Å². The Bertz CT molecular complexity index is 275. The minimum atomic E-state index is -0.254. The lowest BCUT2D eigenvalue weighted by Gasteiger charge is -2.37. The first kappa shape index (κ1) is 9.74. The van der Waals surface area contributed by atoms with Crippen molar-refractivity contribution in [3.05, 3.63) is 24.2 Å². The van der Waals surface area contributed by atoms with Crippen LogP contribution in [0.2, 0.25) is 0 Å². The number of ether oxygens (including phenoxy) is 1. The summed E-state index contributed by atoms with van der Waals surface area (Å²) in [6.45, 7) is 2.88. The molecule has 0 saturated carbocycles. The highest BCUT2D eigenvalue weighted by Crippen LogP contribution is 2.34. The normalized spacial score (nSPS) is 30.1. The van der Waals surface area contributed by atoms with E-state index in [2.05, 4.69) is 6.92 Å². The van der Waals surface area contributed by atoms with Gasteiger partial charge in [-0.25, -0.2) is 0 Å². The second-order valence-electron chi connectivity index (χ2n) is 4.11. The molecular formula is C11H17NO2. The Morgan fingerprint density at radius 3 is 2.93 bits per heavy atom. The van der Waals surface area contributed by atoms with Gasteiger partial charge in [0.2, 0.25) is 0 Å². The summed E-state index contributed by atoms with van der Waals surface area (Å²) in [4.78, 5) is 0. The highest BCUT2D eigenvalue weighted by Gasteiger charge is 2.36. The molecule has 3 nitrogen and oxygen atoms in total. The largest absolute Gasteiger partial charge is 0.468 e. The topological polar surface area (TPSA) is 48.4 Å².